The van der Waals surface area contributed by atoms with Crippen molar-refractivity contribution < 1.29 is 19.2 Å². The predicted octanol–water partition coefficient (Wildman–Crippen LogP) is 3.29. The third-order valence-corrected chi connectivity index (χ3v) is 3.19. The van der Waals surface area contributed by atoms with Crippen molar-refractivity contribution in [2.24, 2.45) is 0 Å². The smallest absolute Gasteiger partial charge is 0.335 e. The second-order valence-electron chi connectivity index (χ2n) is 4.78. The molecular weight excluding hydrogens is 296 g/mol. The number of anilines is 1. The number of amides is 1. The highest BCUT2D eigenvalue weighted by Gasteiger charge is 2.13. The largest absolute Gasteiger partial charge is 0.478 e. The zero-order chi connectivity index (χ0) is 16.2. The first kappa shape index (κ1) is 14.5. The van der Waals surface area contributed by atoms with E-state index in [4.69, 9.17) is 9.63 Å². The third-order valence-electron chi connectivity index (χ3n) is 3.19. The summed E-state index contributed by atoms with van der Waals surface area (Å²) in [6, 6.07) is 16.7. The molecule has 0 fully saturated rings. The highest BCUT2D eigenvalue weighted by atomic mass is 16.5. The van der Waals surface area contributed by atoms with E-state index < -0.39 is 11.9 Å². The minimum Gasteiger partial charge on any atom is -0.478 e. The summed E-state index contributed by atoms with van der Waals surface area (Å²) >= 11 is 0. The minimum absolute atomic E-state index is 0.0418. The Kier molecular flexibility index (Phi) is 3.88. The number of carbonyl (C=O) groups is 2. The van der Waals surface area contributed by atoms with Crippen molar-refractivity contribution in [3.63, 3.8) is 0 Å². The van der Waals surface area contributed by atoms with Crippen LogP contribution in [0.3, 0.4) is 0 Å². The lowest BCUT2D eigenvalue weighted by Gasteiger charge is -2.02. The van der Waals surface area contributed by atoms with Crippen LogP contribution in [0.2, 0.25) is 0 Å². The van der Waals surface area contributed by atoms with Gasteiger partial charge in [0, 0.05) is 17.2 Å². The van der Waals surface area contributed by atoms with Gasteiger partial charge in [0.1, 0.15) is 5.69 Å². The molecule has 1 heterocycles. The van der Waals surface area contributed by atoms with Crippen LogP contribution in [0.1, 0.15) is 20.7 Å². The average Bonchev–Trinajstić information content (AvgIpc) is 3.04. The SMILES string of the molecule is O=C(O)c1cccc(C(=O)Nc2cc(-c3ccccc3)no2)c1. The summed E-state index contributed by atoms with van der Waals surface area (Å²) in [5, 5.41) is 15.4. The highest BCUT2D eigenvalue weighted by molar-refractivity contribution is 6.05. The Balaban J connectivity index is 1.77. The van der Waals surface area contributed by atoms with Gasteiger partial charge in [-0.15, -0.1) is 0 Å². The highest BCUT2D eigenvalue weighted by Crippen LogP contribution is 2.21. The summed E-state index contributed by atoms with van der Waals surface area (Å²) in [6.45, 7) is 0. The Morgan fingerprint density at radius 2 is 1.70 bits per heavy atom. The van der Waals surface area contributed by atoms with Crippen molar-refractivity contribution in [2.75, 3.05) is 5.32 Å². The Bertz CT molecular complexity index is 856. The predicted molar refractivity (Wildman–Crippen MR) is 83.3 cm³/mol. The van der Waals surface area contributed by atoms with Gasteiger partial charge >= 0.3 is 5.97 Å². The number of carboxylic acid groups (broad SMARTS) is 1. The van der Waals surface area contributed by atoms with Crippen LogP contribution in [0.5, 0.6) is 0 Å². The van der Waals surface area contributed by atoms with Crippen LogP contribution >= 0.6 is 0 Å². The minimum atomic E-state index is -1.09. The molecule has 0 bridgehead atoms. The summed E-state index contributed by atoms with van der Waals surface area (Å²) in [7, 11) is 0. The molecule has 3 aromatic rings. The number of aromatic nitrogens is 1. The number of nitrogens with one attached hydrogen (secondary N) is 1. The molecule has 3 rings (SSSR count). The molecule has 0 radical (unpaired) electrons. The van der Waals surface area contributed by atoms with Gasteiger partial charge in [0.05, 0.1) is 5.56 Å². The van der Waals surface area contributed by atoms with E-state index in [-0.39, 0.29) is 17.0 Å². The number of nitrogens with zero attached hydrogens (tertiary/aromatic N) is 1. The van der Waals surface area contributed by atoms with Gasteiger partial charge in [0.15, 0.2) is 0 Å². The van der Waals surface area contributed by atoms with Crippen molar-refractivity contribution in [2.45, 2.75) is 0 Å². The van der Waals surface area contributed by atoms with Gasteiger partial charge < -0.3 is 9.63 Å². The van der Waals surface area contributed by atoms with E-state index in [0.29, 0.717) is 5.69 Å². The van der Waals surface area contributed by atoms with Crippen LogP contribution in [0.25, 0.3) is 11.3 Å². The molecule has 1 amide bonds. The number of rotatable bonds is 4. The second kappa shape index (κ2) is 6.15. The fourth-order valence-corrected chi connectivity index (χ4v) is 2.06. The van der Waals surface area contributed by atoms with E-state index in [2.05, 4.69) is 10.5 Å². The zero-order valence-corrected chi connectivity index (χ0v) is 11.9. The molecule has 0 atom stereocenters. The average molecular weight is 308 g/mol. The molecule has 2 aromatic carbocycles. The molecule has 0 unspecified atom stereocenters. The fourth-order valence-electron chi connectivity index (χ4n) is 2.06. The Hall–Kier alpha value is -3.41. The molecule has 23 heavy (non-hydrogen) atoms. The van der Waals surface area contributed by atoms with E-state index in [9.17, 15) is 9.59 Å². The molecule has 0 saturated carbocycles. The van der Waals surface area contributed by atoms with Crippen LogP contribution in [0.15, 0.2) is 65.2 Å². The van der Waals surface area contributed by atoms with Crippen molar-refractivity contribution in [3.8, 4) is 11.3 Å². The molecule has 0 saturated heterocycles. The molecule has 0 aliphatic carbocycles. The molecule has 0 spiro atoms. The quantitative estimate of drug-likeness (QED) is 0.771. The standard InChI is InChI=1S/C17H12N2O4/c20-16(12-7-4-8-13(9-12)17(21)22)18-15-10-14(19-23-15)11-5-2-1-3-6-11/h1-10H,(H,18,20)(H,21,22). The van der Waals surface area contributed by atoms with Crippen molar-refractivity contribution >= 4 is 17.8 Å². The number of hydrogen-bond acceptors (Lipinski definition) is 4. The summed E-state index contributed by atoms with van der Waals surface area (Å²) in [5.74, 6) is -1.37. The molecular formula is C17H12N2O4. The summed E-state index contributed by atoms with van der Waals surface area (Å²) in [6.07, 6.45) is 0. The van der Waals surface area contributed by atoms with E-state index in [1.807, 2.05) is 30.3 Å². The normalized spacial score (nSPS) is 10.3. The van der Waals surface area contributed by atoms with E-state index in [0.717, 1.165) is 5.56 Å². The van der Waals surface area contributed by atoms with Gasteiger partial charge in [-0.1, -0.05) is 41.6 Å². The molecule has 1 aromatic heterocycles. The summed E-state index contributed by atoms with van der Waals surface area (Å²) < 4.78 is 5.09. The Morgan fingerprint density at radius 3 is 2.43 bits per heavy atom. The fraction of sp³-hybridized carbons (Fsp3) is 0. The van der Waals surface area contributed by atoms with Gasteiger partial charge in [-0.05, 0) is 18.2 Å². The van der Waals surface area contributed by atoms with E-state index >= 15 is 0 Å². The Morgan fingerprint density at radius 1 is 0.957 bits per heavy atom. The van der Waals surface area contributed by atoms with Crippen molar-refractivity contribution in [3.05, 3.63) is 71.8 Å². The maximum absolute atomic E-state index is 12.1. The number of benzene rings is 2. The first-order valence-corrected chi connectivity index (χ1v) is 6.80. The van der Waals surface area contributed by atoms with Gasteiger partial charge in [-0.25, -0.2) is 4.79 Å². The zero-order valence-electron chi connectivity index (χ0n) is 11.9. The maximum atomic E-state index is 12.1. The summed E-state index contributed by atoms with van der Waals surface area (Å²) in [4.78, 5) is 23.1. The second-order valence-corrected chi connectivity index (χ2v) is 4.78. The van der Waals surface area contributed by atoms with Gasteiger partial charge in [-0.3, -0.25) is 10.1 Å². The topological polar surface area (TPSA) is 92.4 Å². The lowest BCUT2D eigenvalue weighted by atomic mass is 10.1. The maximum Gasteiger partial charge on any atom is 0.335 e. The van der Waals surface area contributed by atoms with Gasteiger partial charge in [0.25, 0.3) is 5.91 Å². The summed E-state index contributed by atoms with van der Waals surface area (Å²) in [5.41, 5.74) is 1.73. The number of carboxylic acids is 1. The molecule has 2 N–H and O–H groups in total. The molecule has 0 aliphatic rings. The molecule has 6 nitrogen and oxygen atoms in total. The monoisotopic (exact) mass is 308 g/mol. The Labute approximate surface area is 131 Å². The first-order valence-electron chi connectivity index (χ1n) is 6.80. The number of hydrogen-bond donors (Lipinski definition) is 2. The lowest BCUT2D eigenvalue weighted by molar-refractivity contribution is 0.0697. The van der Waals surface area contributed by atoms with E-state index in [1.165, 1.54) is 24.3 Å². The van der Waals surface area contributed by atoms with Crippen LogP contribution in [-0.2, 0) is 0 Å². The lowest BCUT2D eigenvalue weighted by Crippen LogP contribution is -2.12. The molecule has 114 valence electrons. The van der Waals surface area contributed by atoms with Crippen LogP contribution < -0.4 is 5.32 Å². The van der Waals surface area contributed by atoms with E-state index in [1.54, 1.807) is 6.07 Å². The van der Waals surface area contributed by atoms with Crippen LogP contribution in [-0.4, -0.2) is 22.1 Å². The third kappa shape index (κ3) is 3.26. The van der Waals surface area contributed by atoms with Crippen molar-refractivity contribution in [1.29, 1.82) is 0 Å². The number of aromatic carboxylic acids is 1. The van der Waals surface area contributed by atoms with Crippen LogP contribution in [0.4, 0.5) is 5.88 Å². The number of carbonyl (C=O) groups excluding carboxylic acids is 1. The first-order chi connectivity index (χ1) is 11.1. The molecule has 0 aliphatic heterocycles. The van der Waals surface area contributed by atoms with Crippen LogP contribution in [0, 0.1) is 0 Å². The van der Waals surface area contributed by atoms with Crippen molar-refractivity contribution in [1.82, 2.24) is 5.16 Å². The van der Waals surface area contributed by atoms with Gasteiger partial charge in [-0.2, -0.15) is 0 Å². The molecule has 6 heteroatoms. The van der Waals surface area contributed by atoms with Gasteiger partial charge in [0.2, 0.25) is 5.88 Å².